The molecule has 0 spiro atoms. The van der Waals surface area contributed by atoms with Gasteiger partial charge in [-0.25, -0.2) is 0 Å². The van der Waals surface area contributed by atoms with E-state index in [1.807, 2.05) is 36.8 Å². The largest absolute Gasteiger partial charge is 0.366 e. The Kier molecular flexibility index (Phi) is 3.25. The Morgan fingerprint density at radius 2 is 2.46 bits per heavy atom. The molecule has 13 heavy (non-hydrogen) atoms. The normalized spacial score (nSPS) is 9.77. The molecule has 0 radical (unpaired) electrons. The van der Waals surface area contributed by atoms with Crippen LogP contribution in [-0.2, 0) is 13.6 Å². The van der Waals surface area contributed by atoms with E-state index in [1.54, 1.807) is 6.20 Å². The number of aromatic nitrogens is 2. The molecule has 1 heterocycles. The lowest BCUT2D eigenvalue weighted by atomic mass is 10.4. The number of thiocarbonyl (C=S) groups is 1. The standard InChI is InChI=1S/C8H14N4S/c1-9-8(13)11(2)6-7-4-5-10-12(7)3/h4-5H,6H2,1-3H3,(H,9,13). The van der Waals surface area contributed by atoms with Crippen LogP contribution in [0.25, 0.3) is 0 Å². The first-order valence-electron chi connectivity index (χ1n) is 4.05. The maximum absolute atomic E-state index is 5.08. The summed E-state index contributed by atoms with van der Waals surface area (Å²) in [5, 5.41) is 7.74. The number of nitrogens with zero attached hydrogens (tertiary/aromatic N) is 3. The van der Waals surface area contributed by atoms with Gasteiger partial charge in [0.15, 0.2) is 5.11 Å². The van der Waals surface area contributed by atoms with E-state index in [2.05, 4.69) is 10.4 Å². The minimum Gasteiger partial charge on any atom is -0.366 e. The molecular formula is C8H14N4S. The molecule has 0 atom stereocenters. The number of nitrogens with one attached hydrogen (secondary N) is 1. The Bertz CT molecular complexity index is 294. The van der Waals surface area contributed by atoms with E-state index in [9.17, 15) is 0 Å². The highest BCUT2D eigenvalue weighted by atomic mass is 32.1. The lowest BCUT2D eigenvalue weighted by molar-refractivity contribution is 0.471. The summed E-state index contributed by atoms with van der Waals surface area (Å²) < 4.78 is 1.84. The molecule has 4 nitrogen and oxygen atoms in total. The molecule has 0 saturated carbocycles. The third-order valence-electron chi connectivity index (χ3n) is 1.88. The molecular weight excluding hydrogens is 184 g/mol. The molecule has 0 bridgehead atoms. The highest BCUT2D eigenvalue weighted by Gasteiger charge is 2.05. The van der Waals surface area contributed by atoms with Gasteiger partial charge in [0, 0.05) is 27.3 Å². The number of aryl methyl sites for hydroxylation is 1. The SMILES string of the molecule is CNC(=S)N(C)Cc1ccnn1C. The number of hydrogen-bond donors (Lipinski definition) is 1. The number of rotatable bonds is 2. The van der Waals surface area contributed by atoms with Gasteiger partial charge >= 0.3 is 0 Å². The summed E-state index contributed by atoms with van der Waals surface area (Å²) in [4.78, 5) is 1.96. The second-order valence-corrected chi connectivity index (χ2v) is 3.24. The van der Waals surface area contributed by atoms with E-state index in [4.69, 9.17) is 12.2 Å². The molecule has 0 saturated heterocycles. The van der Waals surface area contributed by atoms with Crippen molar-refractivity contribution in [3.05, 3.63) is 18.0 Å². The average molecular weight is 198 g/mol. The zero-order valence-corrected chi connectivity index (χ0v) is 8.93. The van der Waals surface area contributed by atoms with E-state index in [0.29, 0.717) is 0 Å². The fraction of sp³-hybridized carbons (Fsp3) is 0.500. The zero-order chi connectivity index (χ0) is 9.84. The van der Waals surface area contributed by atoms with Gasteiger partial charge in [-0.15, -0.1) is 0 Å². The fourth-order valence-electron chi connectivity index (χ4n) is 1.06. The molecule has 0 aromatic carbocycles. The average Bonchev–Trinajstić information content (AvgIpc) is 2.50. The van der Waals surface area contributed by atoms with Gasteiger partial charge in [0.25, 0.3) is 0 Å². The van der Waals surface area contributed by atoms with Crippen LogP contribution >= 0.6 is 12.2 Å². The van der Waals surface area contributed by atoms with Crippen molar-refractivity contribution >= 4 is 17.3 Å². The van der Waals surface area contributed by atoms with E-state index in [-0.39, 0.29) is 0 Å². The predicted octanol–water partition coefficient (Wildman–Crippen LogP) is 0.356. The van der Waals surface area contributed by atoms with Crippen molar-refractivity contribution < 1.29 is 0 Å². The highest BCUT2D eigenvalue weighted by molar-refractivity contribution is 7.80. The topological polar surface area (TPSA) is 33.1 Å². The van der Waals surface area contributed by atoms with E-state index < -0.39 is 0 Å². The Labute approximate surface area is 83.5 Å². The molecule has 5 heteroatoms. The Balaban J connectivity index is 2.59. The number of hydrogen-bond acceptors (Lipinski definition) is 2. The first-order chi connectivity index (χ1) is 6.15. The van der Waals surface area contributed by atoms with Crippen LogP contribution in [-0.4, -0.2) is 33.9 Å². The highest BCUT2D eigenvalue weighted by Crippen LogP contribution is 2.00. The van der Waals surface area contributed by atoms with Gasteiger partial charge in [0.05, 0.1) is 12.2 Å². The summed E-state index contributed by atoms with van der Waals surface area (Å²) in [5.41, 5.74) is 1.14. The predicted molar refractivity (Wildman–Crippen MR) is 56.3 cm³/mol. The first kappa shape index (κ1) is 9.98. The molecule has 0 amide bonds. The third kappa shape index (κ3) is 2.42. The molecule has 72 valence electrons. The second kappa shape index (κ2) is 4.23. The summed E-state index contributed by atoms with van der Waals surface area (Å²) in [6.07, 6.45) is 1.78. The van der Waals surface area contributed by atoms with Gasteiger partial charge in [-0.1, -0.05) is 0 Å². The van der Waals surface area contributed by atoms with E-state index in [0.717, 1.165) is 17.4 Å². The summed E-state index contributed by atoms with van der Waals surface area (Å²) >= 11 is 5.08. The lowest BCUT2D eigenvalue weighted by Crippen LogP contribution is -2.34. The lowest BCUT2D eigenvalue weighted by Gasteiger charge is -2.19. The maximum atomic E-state index is 5.08. The van der Waals surface area contributed by atoms with Crippen molar-refractivity contribution in [2.75, 3.05) is 14.1 Å². The Hall–Kier alpha value is -1.10. The summed E-state index contributed by atoms with van der Waals surface area (Å²) in [7, 11) is 5.69. The van der Waals surface area contributed by atoms with Gasteiger partial charge in [-0.3, -0.25) is 4.68 Å². The Morgan fingerprint density at radius 3 is 2.92 bits per heavy atom. The molecule has 0 fully saturated rings. The minimum absolute atomic E-state index is 0.737. The van der Waals surface area contributed by atoms with Crippen molar-refractivity contribution in [1.29, 1.82) is 0 Å². The van der Waals surface area contributed by atoms with Gasteiger partial charge in [-0.2, -0.15) is 5.10 Å². The molecule has 0 unspecified atom stereocenters. The molecule has 0 aliphatic rings. The van der Waals surface area contributed by atoms with Crippen LogP contribution in [0.2, 0.25) is 0 Å². The van der Waals surface area contributed by atoms with Crippen LogP contribution in [0.15, 0.2) is 12.3 Å². The molecule has 0 aliphatic carbocycles. The minimum atomic E-state index is 0.737. The van der Waals surface area contributed by atoms with Crippen LogP contribution in [0, 0.1) is 0 Å². The van der Waals surface area contributed by atoms with Gasteiger partial charge in [0.1, 0.15) is 0 Å². The van der Waals surface area contributed by atoms with Crippen LogP contribution in [0.4, 0.5) is 0 Å². The fourth-order valence-corrected chi connectivity index (χ4v) is 1.13. The van der Waals surface area contributed by atoms with Crippen LogP contribution in [0.5, 0.6) is 0 Å². The van der Waals surface area contributed by atoms with Crippen molar-refractivity contribution in [3.63, 3.8) is 0 Å². The molecule has 1 rings (SSSR count). The van der Waals surface area contributed by atoms with E-state index >= 15 is 0 Å². The van der Waals surface area contributed by atoms with Crippen molar-refractivity contribution in [2.45, 2.75) is 6.54 Å². The Morgan fingerprint density at radius 1 is 1.77 bits per heavy atom. The quantitative estimate of drug-likeness (QED) is 0.695. The van der Waals surface area contributed by atoms with Gasteiger partial charge in [-0.05, 0) is 18.3 Å². The van der Waals surface area contributed by atoms with Crippen LogP contribution in [0.1, 0.15) is 5.69 Å². The van der Waals surface area contributed by atoms with Crippen LogP contribution < -0.4 is 5.32 Å². The van der Waals surface area contributed by atoms with Crippen molar-refractivity contribution in [3.8, 4) is 0 Å². The molecule has 1 aromatic heterocycles. The summed E-state index contributed by atoms with van der Waals surface area (Å²) in [6.45, 7) is 0.774. The first-order valence-corrected chi connectivity index (χ1v) is 4.45. The molecule has 1 aromatic rings. The van der Waals surface area contributed by atoms with Gasteiger partial charge in [0.2, 0.25) is 0 Å². The summed E-state index contributed by atoms with van der Waals surface area (Å²) in [6, 6.07) is 1.98. The molecule has 0 aliphatic heterocycles. The monoisotopic (exact) mass is 198 g/mol. The summed E-state index contributed by atoms with van der Waals surface area (Å²) in [5.74, 6) is 0. The zero-order valence-electron chi connectivity index (χ0n) is 8.11. The third-order valence-corrected chi connectivity index (χ3v) is 2.40. The van der Waals surface area contributed by atoms with Gasteiger partial charge < -0.3 is 10.2 Å². The van der Waals surface area contributed by atoms with Crippen molar-refractivity contribution in [2.24, 2.45) is 7.05 Å². The smallest absolute Gasteiger partial charge is 0.168 e. The van der Waals surface area contributed by atoms with Crippen molar-refractivity contribution in [1.82, 2.24) is 20.0 Å². The molecule has 1 N–H and O–H groups in total. The second-order valence-electron chi connectivity index (χ2n) is 2.86. The maximum Gasteiger partial charge on any atom is 0.168 e. The van der Waals surface area contributed by atoms with Crippen LogP contribution in [0.3, 0.4) is 0 Å². The van der Waals surface area contributed by atoms with E-state index in [1.165, 1.54) is 0 Å².